The second-order valence-corrected chi connectivity index (χ2v) is 8.51. The van der Waals surface area contributed by atoms with Gasteiger partial charge >= 0.3 is 0 Å². The molecule has 162 valence electrons. The maximum atomic E-state index is 14.9. The summed E-state index contributed by atoms with van der Waals surface area (Å²) in [7, 11) is 0. The quantitative estimate of drug-likeness (QED) is 0.408. The van der Waals surface area contributed by atoms with Crippen LogP contribution in [-0.4, -0.2) is 0 Å². The largest absolute Gasteiger partial charge is 0.207 e. The first-order chi connectivity index (χ1) is 14.8. The Bertz CT molecular complexity index is 1020. The maximum absolute atomic E-state index is 14.9. The number of aryl methyl sites for hydroxylation is 1. The van der Waals surface area contributed by atoms with Crippen LogP contribution in [0.1, 0.15) is 49.7 Å². The molecule has 2 aromatic carbocycles. The Morgan fingerprint density at radius 1 is 0.935 bits per heavy atom. The molecular weight excluding hydrogens is 393 g/mol. The summed E-state index contributed by atoms with van der Waals surface area (Å²) in [6.45, 7) is 11.0. The van der Waals surface area contributed by atoms with Crippen LogP contribution in [0.2, 0.25) is 0 Å². The van der Waals surface area contributed by atoms with Gasteiger partial charge in [-0.05, 0) is 79.7 Å². The molecule has 0 aliphatic heterocycles. The summed E-state index contributed by atoms with van der Waals surface area (Å²) >= 11 is 0. The molecule has 0 spiro atoms. The van der Waals surface area contributed by atoms with Gasteiger partial charge in [0, 0.05) is 5.56 Å². The van der Waals surface area contributed by atoms with Crippen molar-refractivity contribution in [2.75, 3.05) is 0 Å². The van der Waals surface area contributed by atoms with Gasteiger partial charge in [-0.25, -0.2) is 13.2 Å². The zero-order valence-corrected chi connectivity index (χ0v) is 18.2. The third-order valence-electron chi connectivity index (χ3n) is 5.99. The van der Waals surface area contributed by atoms with Crippen LogP contribution in [0.15, 0.2) is 84.8 Å². The van der Waals surface area contributed by atoms with Crippen molar-refractivity contribution in [3.8, 4) is 11.1 Å². The summed E-state index contributed by atoms with van der Waals surface area (Å²) in [5, 5.41) is 0. The number of halogens is 3. The number of benzene rings is 2. The molecule has 0 bridgehead atoms. The van der Waals surface area contributed by atoms with E-state index in [4.69, 9.17) is 0 Å². The monoisotopic (exact) mass is 422 g/mol. The highest BCUT2D eigenvalue weighted by molar-refractivity contribution is 5.65. The van der Waals surface area contributed by atoms with E-state index in [1.807, 2.05) is 43.3 Å². The lowest BCUT2D eigenvalue weighted by Crippen LogP contribution is -2.13. The van der Waals surface area contributed by atoms with Crippen LogP contribution >= 0.6 is 0 Å². The summed E-state index contributed by atoms with van der Waals surface area (Å²) in [6, 6.07) is 10.9. The van der Waals surface area contributed by atoms with Crippen molar-refractivity contribution in [2.45, 2.75) is 45.4 Å². The van der Waals surface area contributed by atoms with Crippen molar-refractivity contribution >= 4 is 0 Å². The van der Waals surface area contributed by atoms with Crippen molar-refractivity contribution in [1.82, 2.24) is 0 Å². The SMILES string of the molecule is C=C(/C=C/C1CCC(c2ccc(-c3ccc(C)cc3)c(F)c2F)CC1)/C=C(/F)C(=C)C. The average molecular weight is 423 g/mol. The fourth-order valence-corrected chi connectivity index (χ4v) is 4.05. The molecule has 1 saturated carbocycles. The van der Waals surface area contributed by atoms with Gasteiger partial charge in [-0.3, -0.25) is 0 Å². The molecule has 1 aliphatic rings. The van der Waals surface area contributed by atoms with Crippen molar-refractivity contribution in [3.05, 3.63) is 108 Å². The number of rotatable bonds is 6. The fourth-order valence-electron chi connectivity index (χ4n) is 4.05. The van der Waals surface area contributed by atoms with E-state index in [9.17, 15) is 13.2 Å². The van der Waals surface area contributed by atoms with Gasteiger partial charge in [0.2, 0.25) is 0 Å². The molecule has 3 heteroatoms. The Morgan fingerprint density at radius 2 is 1.58 bits per heavy atom. The molecule has 0 unspecified atom stereocenters. The Kier molecular flexibility index (Phi) is 7.37. The highest BCUT2D eigenvalue weighted by Gasteiger charge is 2.25. The molecular formula is C28H29F3. The first-order valence-electron chi connectivity index (χ1n) is 10.7. The van der Waals surface area contributed by atoms with Crippen LogP contribution in [0.5, 0.6) is 0 Å². The van der Waals surface area contributed by atoms with Crippen molar-refractivity contribution in [1.29, 1.82) is 0 Å². The van der Waals surface area contributed by atoms with Crippen molar-refractivity contribution < 1.29 is 13.2 Å². The molecule has 0 heterocycles. The van der Waals surface area contributed by atoms with Gasteiger partial charge in [-0.1, -0.05) is 67.3 Å². The van der Waals surface area contributed by atoms with Gasteiger partial charge in [0.15, 0.2) is 11.6 Å². The Hall–Kier alpha value is -2.81. The van der Waals surface area contributed by atoms with E-state index >= 15 is 0 Å². The molecule has 0 nitrogen and oxygen atoms in total. The minimum absolute atomic E-state index is 0.00942. The van der Waals surface area contributed by atoms with Gasteiger partial charge < -0.3 is 0 Å². The van der Waals surface area contributed by atoms with Gasteiger partial charge in [0.1, 0.15) is 5.83 Å². The van der Waals surface area contributed by atoms with Crippen LogP contribution in [0, 0.1) is 24.5 Å². The smallest absolute Gasteiger partial charge is 0.166 e. The van der Waals surface area contributed by atoms with Crippen LogP contribution < -0.4 is 0 Å². The van der Waals surface area contributed by atoms with Crippen molar-refractivity contribution in [2.24, 2.45) is 5.92 Å². The molecule has 0 saturated heterocycles. The second-order valence-electron chi connectivity index (χ2n) is 8.51. The Morgan fingerprint density at radius 3 is 2.19 bits per heavy atom. The van der Waals surface area contributed by atoms with Crippen LogP contribution in [-0.2, 0) is 0 Å². The van der Waals surface area contributed by atoms with Gasteiger partial charge in [-0.15, -0.1) is 0 Å². The summed E-state index contributed by atoms with van der Waals surface area (Å²) in [4.78, 5) is 0. The summed E-state index contributed by atoms with van der Waals surface area (Å²) in [6.07, 6.45) is 8.57. The topological polar surface area (TPSA) is 0 Å². The lowest BCUT2D eigenvalue weighted by atomic mass is 9.78. The zero-order valence-electron chi connectivity index (χ0n) is 18.2. The third-order valence-corrected chi connectivity index (χ3v) is 5.99. The number of allylic oxidation sites excluding steroid dienone is 6. The van der Waals surface area contributed by atoms with E-state index in [1.54, 1.807) is 19.1 Å². The van der Waals surface area contributed by atoms with Gasteiger partial charge in [-0.2, -0.15) is 0 Å². The van der Waals surface area contributed by atoms with E-state index in [1.165, 1.54) is 6.08 Å². The second kappa shape index (κ2) is 10.00. The van der Waals surface area contributed by atoms with Crippen molar-refractivity contribution in [3.63, 3.8) is 0 Å². The molecule has 1 aliphatic carbocycles. The Balaban J connectivity index is 1.66. The third kappa shape index (κ3) is 5.66. The van der Waals surface area contributed by atoms with Crippen LogP contribution in [0.4, 0.5) is 13.2 Å². The molecule has 0 N–H and O–H groups in total. The predicted octanol–water partition coefficient (Wildman–Crippen LogP) is 8.76. The molecule has 1 fully saturated rings. The highest BCUT2D eigenvalue weighted by atomic mass is 19.2. The Labute approximate surface area is 183 Å². The first kappa shape index (κ1) is 22.9. The number of hydrogen-bond donors (Lipinski definition) is 0. The minimum Gasteiger partial charge on any atom is -0.207 e. The highest BCUT2D eigenvalue weighted by Crippen LogP contribution is 2.39. The van der Waals surface area contributed by atoms with E-state index in [0.29, 0.717) is 33.8 Å². The molecule has 0 aromatic heterocycles. The van der Waals surface area contributed by atoms with E-state index < -0.39 is 11.6 Å². The van der Waals surface area contributed by atoms with Gasteiger partial charge in [0.05, 0.1) is 0 Å². The van der Waals surface area contributed by atoms with Crippen LogP contribution in [0.3, 0.4) is 0 Å². The van der Waals surface area contributed by atoms with Crippen LogP contribution in [0.25, 0.3) is 11.1 Å². The molecule has 0 atom stereocenters. The molecule has 2 aromatic rings. The lowest BCUT2D eigenvalue weighted by molar-refractivity contribution is 0.364. The maximum Gasteiger partial charge on any atom is 0.166 e. The molecule has 0 radical (unpaired) electrons. The summed E-state index contributed by atoms with van der Waals surface area (Å²) in [5.74, 6) is -1.54. The standard InChI is InChI=1S/C28H29F3/c1-18(2)26(29)17-20(4)5-8-21-9-13-23(14-10-21)25-16-15-24(27(30)28(25)31)22-11-6-19(3)7-12-22/h5-8,11-12,15-17,21,23H,1,4,9-10,13-14H2,2-3H3/b8-5+,26-17+. The van der Waals surface area contributed by atoms with E-state index in [-0.39, 0.29) is 11.7 Å². The first-order valence-corrected chi connectivity index (χ1v) is 10.7. The van der Waals surface area contributed by atoms with E-state index in [0.717, 1.165) is 31.2 Å². The minimum atomic E-state index is -0.772. The average Bonchev–Trinajstić information content (AvgIpc) is 2.75. The molecule has 0 amide bonds. The number of hydrogen-bond acceptors (Lipinski definition) is 0. The summed E-state index contributed by atoms with van der Waals surface area (Å²) < 4.78 is 43.3. The predicted molar refractivity (Wildman–Crippen MR) is 124 cm³/mol. The van der Waals surface area contributed by atoms with Gasteiger partial charge in [0.25, 0.3) is 0 Å². The zero-order chi connectivity index (χ0) is 22.5. The normalized spacial score (nSPS) is 19.6. The van der Waals surface area contributed by atoms with E-state index in [2.05, 4.69) is 13.2 Å². The molecule has 3 rings (SSSR count). The fraction of sp³-hybridized carbons (Fsp3) is 0.286. The summed E-state index contributed by atoms with van der Waals surface area (Å²) in [5.41, 5.74) is 3.48. The molecule has 31 heavy (non-hydrogen) atoms. The lowest BCUT2D eigenvalue weighted by Gasteiger charge is -2.27.